The van der Waals surface area contributed by atoms with Gasteiger partial charge < -0.3 is 10.6 Å². The van der Waals surface area contributed by atoms with E-state index in [0.29, 0.717) is 6.04 Å². The van der Waals surface area contributed by atoms with Crippen LogP contribution < -0.4 is 10.6 Å². The van der Waals surface area contributed by atoms with E-state index in [1.807, 2.05) is 0 Å². The Bertz CT molecular complexity index is 342. The second-order valence-electron chi connectivity index (χ2n) is 6.88. The Hall–Kier alpha value is -0.650. The number of carbonyl (C=O) groups excluding carboxylic acids is 1. The van der Waals surface area contributed by atoms with Crippen LogP contribution in [0.1, 0.15) is 39.0 Å². The van der Waals surface area contributed by atoms with Crippen LogP contribution >= 0.6 is 0 Å². The molecule has 2 atom stereocenters. The van der Waals surface area contributed by atoms with Crippen molar-refractivity contribution in [2.24, 2.45) is 0 Å². The highest BCUT2D eigenvalue weighted by Crippen LogP contribution is 2.18. The van der Waals surface area contributed by atoms with Crippen molar-refractivity contribution in [1.29, 1.82) is 0 Å². The first-order chi connectivity index (χ1) is 10.2. The fourth-order valence-electron chi connectivity index (χ4n) is 4.00. The molecule has 0 aromatic carbocycles. The summed E-state index contributed by atoms with van der Waals surface area (Å²) < 4.78 is 0. The summed E-state index contributed by atoms with van der Waals surface area (Å²) in [5.41, 5.74) is 0. The monoisotopic (exact) mass is 294 g/mol. The Morgan fingerprint density at radius 2 is 1.86 bits per heavy atom. The van der Waals surface area contributed by atoms with Crippen LogP contribution in [0.15, 0.2) is 0 Å². The Labute approximate surface area is 128 Å². The van der Waals surface area contributed by atoms with Crippen LogP contribution in [0.2, 0.25) is 0 Å². The van der Waals surface area contributed by atoms with E-state index in [-0.39, 0.29) is 11.9 Å². The van der Waals surface area contributed by atoms with Gasteiger partial charge in [0.15, 0.2) is 0 Å². The summed E-state index contributed by atoms with van der Waals surface area (Å²) >= 11 is 0. The molecule has 3 rings (SSSR count). The van der Waals surface area contributed by atoms with E-state index in [2.05, 4.69) is 27.4 Å². The maximum atomic E-state index is 12.4. The number of nitrogens with zero attached hydrogens (tertiary/aromatic N) is 2. The molecule has 0 radical (unpaired) electrons. The van der Waals surface area contributed by atoms with Crippen molar-refractivity contribution in [3.63, 3.8) is 0 Å². The molecule has 2 aliphatic heterocycles. The lowest BCUT2D eigenvalue weighted by Gasteiger charge is -2.40. The van der Waals surface area contributed by atoms with Gasteiger partial charge >= 0.3 is 0 Å². The lowest BCUT2D eigenvalue weighted by Crippen LogP contribution is -2.56. The predicted octanol–water partition coefficient (Wildman–Crippen LogP) is 0.413. The van der Waals surface area contributed by atoms with Crippen molar-refractivity contribution in [3.8, 4) is 0 Å². The number of nitrogens with one attached hydrogen (secondary N) is 2. The number of rotatable bonds is 4. The largest absolute Gasteiger partial charge is 0.352 e. The lowest BCUT2D eigenvalue weighted by molar-refractivity contribution is -0.127. The summed E-state index contributed by atoms with van der Waals surface area (Å²) in [5.74, 6) is 0.234. The zero-order valence-electron chi connectivity index (χ0n) is 13.3. The fourth-order valence-corrected chi connectivity index (χ4v) is 4.00. The van der Waals surface area contributed by atoms with Crippen LogP contribution in [0.3, 0.4) is 0 Å². The van der Waals surface area contributed by atoms with Crippen LogP contribution in [-0.2, 0) is 4.79 Å². The van der Waals surface area contributed by atoms with Crippen molar-refractivity contribution in [2.45, 2.75) is 57.2 Å². The predicted molar refractivity (Wildman–Crippen MR) is 84.3 cm³/mol. The number of amides is 1. The molecule has 2 heterocycles. The minimum absolute atomic E-state index is 0.0226. The molecule has 2 saturated heterocycles. The van der Waals surface area contributed by atoms with Crippen LogP contribution in [0.25, 0.3) is 0 Å². The molecule has 2 unspecified atom stereocenters. The van der Waals surface area contributed by atoms with Crippen molar-refractivity contribution >= 4 is 5.91 Å². The molecule has 3 aliphatic rings. The highest BCUT2D eigenvalue weighted by Gasteiger charge is 2.30. The van der Waals surface area contributed by atoms with Gasteiger partial charge in [-0.05, 0) is 32.7 Å². The van der Waals surface area contributed by atoms with E-state index in [1.54, 1.807) is 0 Å². The summed E-state index contributed by atoms with van der Waals surface area (Å²) in [5, 5.41) is 6.68. The molecule has 3 fully saturated rings. The van der Waals surface area contributed by atoms with E-state index < -0.39 is 0 Å². The molecule has 21 heavy (non-hydrogen) atoms. The van der Waals surface area contributed by atoms with Gasteiger partial charge in [0, 0.05) is 44.8 Å². The molecule has 0 aromatic rings. The minimum Gasteiger partial charge on any atom is -0.352 e. The molecule has 120 valence electrons. The highest BCUT2D eigenvalue weighted by atomic mass is 16.2. The Kier molecular flexibility index (Phi) is 5.14. The summed E-state index contributed by atoms with van der Waals surface area (Å²) in [6.45, 7) is 8.62. The number of hydrogen-bond donors (Lipinski definition) is 2. The second kappa shape index (κ2) is 7.07. The number of carbonyl (C=O) groups is 1. The van der Waals surface area contributed by atoms with Gasteiger partial charge in [-0.1, -0.05) is 12.8 Å². The van der Waals surface area contributed by atoms with E-state index in [4.69, 9.17) is 0 Å². The van der Waals surface area contributed by atoms with E-state index in [0.717, 1.165) is 45.3 Å². The topological polar surface area (TPSA) is 47.6 Å². The summed E-state index contributed by atoms with van der Waals surface area (Å²) in [4.78, 5) is 17.3. The van der Waals surface area contributed by atoms with Crippen LogP contribution in [0.4, 0.5) is 0 Å². The molecular weight excluding hydrogens is 264 g/mol. The normalized spacial score (nSPS) is 30.6. The lowest BCUT2D eigenvalue weighted by atomic mass is 10.1. The highest BCUT2D eigenvalue weighted by molar-refractivity contribution is 5.81. The molecule has 0 bridgehead atoms. The summed E-state index contributed by atoms with van der Waals surface area (Å²) in [7, 11) is 0. The van der Waals surface area contributed by atoms with Crippen molar-refractivity contribution < 1.29 is 4.79 Å². The van der Waals surface area contributed by atoms with Gasteiger partial charge in [-0.3, -0.25) is 14.6 Å². The van der Waals surface area contributed by atoms with Crippen molar-refractivity contribution in [2.75, 3.05) is 39.3 Å². The summed E-state index contributed by atoms with van der Waals surface area (Å²) in [6, 6.07) is 1.18. The Morgan fingerprint density at radius 3 is 2.48 bits per heavy atom. The molecule has 5 nitrogen and oxygen atoms in total. The third kappa shape index (κ3) is 3.76. The van der Waals surface area contributed by atoms with Gasteiger partial charge in [-0.25, -0.2) is 0 Å². The SMILES string of the molecule is CC(C(=O)NC1CCCC1)N1CCN(C2CCNC2)CC1. The van der Waals surface area contributed by atoms with Crippen LogP contribution in [0, 0.1) is 0 Å². The zero-order valence-corrected chi connectivity index (χ0v) is 13.3. The van der Waals surface area contributed by atoms with Gasteiger partial charge in [0.05, 0.1) is 6.04 Å². The van der Waals surface area contributed by atoms with E-state index in [9.17, 15) is 4.79 Å². The second-order valence-corrected chi connectivity index (χ2v) is 6.88. The third-order valence-corrected chi connectivity index (χ3v) is 5.53. The molecule has 5 heteroatoms. The first kappa shape index (κ1) is 15.3. The smallest absolute Gasteiger partial charge is 0.237 e. The standard InChI is InChI=1S/C16H30N4O/c1-13(16(21)18-14-4-2-3-5-14)19-8-10-20(11-9-19)15-6-7-17-12-15/h13-15,17H,2-12H2,1H3,(H,18,21). The van der Waals surface area contributed by atoms with Gasteiger partial charge in [-0.15, -0.1) is 0 Å². The molecule has 0 aromatic heterocycles. The molecule has 1 saturated carbocycles. The summed E-state index contributed by atoms with van der Waals surface area (Å²) in [6.07, 6.45) is 6.15. The molecule has 0 spiro atoms. The molecule has 1 aliphatic carbocycles. The number of hydrogen-bond acceptors (Lipinski definition) is 4. The van der Waals surface area contributed by atoms with Crippen LogP contribution in [0.5, 0.6) is 0 Å². The Morgan fingerprint density at radius 1 is 1.14 bits per heavy atom. The van der Waals surface area contributed by atoms with Gasteiger partial charge in [0.2, 0.25) is 5.91 Å². The van der Waals surface area contributed by atoms with Gasteiger partial charge in [0.1, 0.15) is 0 Å². The average molecular weight is 294 g/mol. The van der Waals surface area contributed by atoms with E-state index in [1.165, 1.54) is 32.1 Å². The molecule has 2 N–H and O–H groups in total. The average Bonchev–Trinajstić information content (AvgIpc) is 3.20. The maximum Gasteiger partial charge on any atom is 0.237 e. The number of piperazine rings is 1. The maximum absolute atomic E-state index is 12.4. The Balaban J connectivity index is 1.43. The van der Waals surface area contributed by atoms with Gasteiger partial charge in [-0.2, -0.15) is 0 Å². The first-order valence-electron chi connectivity index (χ1n) is 8.73. The molecule has 1 amide bonds. The van der Waals surface area contributed by atoms with Crippen molar-refractivity contribution in [3.05, 3.63) is 0 Å². The molecular formula is C16H30N4O. The minimum atomic E-state index is 0.0226. The fraction of sp³-hybridized carbons (Fsp3) is 0.938. The van der Waals surface area contributed by atoms with Crippen LogP contribution in [-0.4, -0.2) is 73.1 Å². The zero-order chi connectivity index (χ0) is 14.7. The van der Waals surface area contributed by atoms with Gasteiger partial charge in [0.25, 0.3) is 0 Å². The van der Waals surface area contributed by atoms with E-state index >= 15 is 0 Å². The first-order valence-corrected chi connectivity index (χ1v) is 8.73. The quantitative estimate of drug-likeness (QED) is 0.789. The third-order valence-electron chi connectivity index (χ3n) is 5.53. The van der Waals surface area contributed by atoms with Crippen molar-refractivity contribution in [1.82, 2.24) is 20.4 Å².